The Morgan fingerprint density at radius 1 is 1.26 bits per heavy atom. The first-order valence-electron chi connectivity index (χ1n) is 5.60. The molecule has 0 radical (unpaired) electrons. The summed E-state index contributed by atoms with van der Waals surface area (Å²) in [6, 6.07) is 3.05. The van der Waals surface area contributed by atoms with E-state index < -0.39 is 30.7 Å². The molecule has 0 aromatic heterocycles. The first-order valence-corrected chi connectivity index (χ1v) is 5.60. The minimum atomic E-state index is -1.36. The van der Waals surface area contributed by atoms with Gasteiger partial charge in [0.2, 0.25) is 0 Å². The number of carbonyl (C=O) groups excluding carboxylic acids is 1. The molecule has 0 bridgehead atoms. The van der Waals surface area contributed by atoms with Crippen molar-refractivity contribution in [2.45, 2.75) is 19.0 Å². The van der Waals surface area contributed by atoms with Gasteiger partial charge >= 0.3 is 12.0 Å². The predicted molar refractivity (Wildman–Crippen MR) is 65.0 cm³/mol. The van der Waals surface area contributed by atoms with E-state index in [4.69, 9.17) is 10.2 Å². The van der Waals surface area contributed by atoms with Crippen LogP contribution in [0.2, 0.25) is 0 Å². The molecule has 0 fully saturated rings. The summed E-state index contributed by atoms with van der Waals surface area (Å²) in [5, 5.41) is 22.0. The Morgan fingerprint density at radius 3 is 2.32 bits per heavy atom. The Bertz CT molecular complexity index is 450. The van der Waals surface area contributed by atoms with Crippen molar-refractivity contribution >= 4 is 12.0 Å². The molecule has 7 heteroatoms. The highest BCUT2D eigenvalue weighted by atomic mass is 19.1. The molecule has 19 heavy (non-hydrogen) atoms. The van der Waals surface area contributed by atoms with Gasteiger partial charge < -0.3 is 20.8 Å². The molecule has 0 saturated heterocycles. The summed E-state index contributed by atoms with van der Waals surface area (Å²) in [6.07, 6.45) is 0. The van der Waals surface area contributed by atoms with Gasteiger partial charge in [0.05, 0.1) is 12.6 Å². The third kappa shape index (κ3) is 4.55. The number of aliphatic hydroxyl groups is 1. The molecule has 1 aromatic rings. The highest BCUT2D eigenvalue weighted by molar-refractivity contribution is 5.82. The van der Waals surface area contributed by atoms with Crippen LogP contribution in [-0.4, -0.2) is 34.9 Å². The van der Waals surface area contributed by atoms with Crippen LogP contribution in [0, 0.1) is 5.82 Å². The summed E-state index contributed by atoms with van der Waals surface area (Å²) in [6.45, 7) is 0.967. The average molecular weight is 270 g/mol. The van der Waals surface area contributed by atoms with Crippen LogP contribution in [0.5, 0.6) is 0 Å². The van der Waals surface area contributed by atoms with Crippen molar-refractivity contribution in [2.75, 3.05) is 6.61 Å². The lowest BCUT2D eigenvalue weighted by atomic mass is 10.1. The minimum absolute atomic E-state index is 0.383. The summed E-state index contributed by atoms with van der Waals surface area (Å²) < 4.78 is 12.7. The highest BCUT2D eigenvalue weighted by Gasteiger charge is 2.19. The third-order valence-electron chi connectivity index (χ3n) is 2.50. The van der Waals surface area contributed by atoms with Crippen molar-refractivity contribution in [3.8, 4) is 0 Å². The molecule has 1 unspecified atom stereocenters. The smallest absolute Gasteiger partial charge is 0.328 e. The number of urea groups is 1. The van der Waals surface area contributed by atoms with Crippen LogP contribution in [0.4, 0.5) is 9.18 Å². The first kappa shape index (κ1) is 14.9. The third-order valence-corrected chi connectivity index (χ3v) is 2.50. The summed E-state index contributed by atoms with van der Waals surface area (Å²) in [5.74, 6) is -1.71. The normalized spacial score (nSPS) is 13.4. The molecule has 1 aromatic carbocycles. The Hall–Kier alpha value is -2.15. The first-order chi connectivity index (χ1) is 8.93. The van der Waals surface area contributed by atoms with E-state index in [9.17, 15) is 14.0 Å². The van der Waals surface area contributed by atoms with Crippen LogP contribution in [0.15, 0.2) is 24.3 Å². The number of carboxylic acid groups (broad SMARTS) is 1. The lowest BCUT2D eigenvalue weighted by molar-refractivity contribution is -0.140. The number of carbonyl (C=O) groups is 2. The molecule has 0 aliphatic rings. The van der Waals surface area contributed by atoms with Crippen LogP contribution in [0.1, 0.15) is 18.5 Å². The number of rotatable bonds is 5. The van der Waals surface area contributed by atoms with Gasteiger partial charge in [-0.1, -0.05) is 12.1 Å². The molecule has 0 heterocycles. The lowest BCUT2D eigenvalue weighted by Gasteiger charge is -2.17. The second kappa shape index (κ2) is 6.69. The van der Waals surface area contributed by atoms with E-state index in [0.29, 0.717) is 5.56 Å². The monoisotopic (exact) mass is 270 g/mol. The molecule has 1 rings (SSSR count). The van der Waals surface area contributed by atoms with Crippen LogP contribution < -0.4 is 10.6 Å². The van der Waals surface area contributed by atoms with Crippen molar-refractivity contribution in [3.05, 3.63) is 35.6 Å². The number of hydrogen-bond acceptors (Lipinski definition) is 3. The lowest BCUT2D eigenvalue weighted by Crippen LogP contribution is -2.48. The number of aliphatic hydroxyl groups excluding tert-OH is 1. The van der Waals surface area contributed by atoms with Crippen LogP contribution in [-0.2, 0) is 4.79 Å². The number of amides is 2. The molecule has 0 aliphatic heterocycles. The molecule has 0 aliphatic carbocycles. The van der Waals surface area contributed by atoms with E-state index in [1.54, 1.807) is 6.92 Å². The van der Waals surface area contributed by atoms with Gasteiger partial charge in [-0.2, -0.15) is 0 Å². The van der Waals surface area contributed by atoms with Crippen molar-refractivity contribution in [3.63, 3.8) is 0 Å². The highest BCUT2D eigenvalue weighted by Crippen LogP contribution is 2.12. The van der Waals surface area contributed by atoms with Crippen molar-refractivity contribution in [1.82, 2.24) is 10.6 Å². The number of halogens is 1. The average Bonchev–Trinajstić information content (AvgIpc) is 2.36. The Morgan fingerprint density at radius 2 is 1.84 bits per heavy atom. The van der Waals surface area contributed by atoms with Crippen molar-refractivity contribution in [2.24, 2.45) is 0 Å². The maximum absolute atomic E-state index is 12.7. The summed E-state index contributed by atoms with van der Waals surface area (Å²) in [4.78, 5) is 22.1. The molecule has 2 amide bonds. The van der Waals surface area contributed by atoms with Gasteiger partial charge in [-0.05, 0) is 24.6 Å². The molecule has 0 spiro atoms. The van der Waals surface area contributed by atoms with E-state index in [0.717, 1.165) is 0 Å². The zero-order valence-electron chi connectivity index (χ0n) is 10.3. The van der Waals surface area contributed by atoms with Gasteiger partial charge in [-0.3, -0.25) is 0 Å². The van der Waals surface area contributed by atoms with Crippen LogP contribution in [0.25, 0.3) is 0 Å². The number of aliphatic carboxylic acids is 1. The standard InChI is InChI=1S/C12H15FN2O4/c1-7(8-2-4-9(13)5-3-8)14-12(19)15-10(6-16)11(17)18/h2-5,7,10,16H,6H2,1H3,(H,17,18)(H2,14,15,19)/t7?,10-/m1/s1. The Kier molecular flexibility index (Phi) is 5.25. The quantitative estimate of drug-likeness (QED) is 0.630. The minimum Gasteiger partial charge on any atom is -0.480 e. The second-order valence-electron chi connectivity index (χ2n) is 3.96. The molecule has 0 saturated carbocycles. The predicted octanol–water partition coefficient (Wildman–Crippen LogP) is 0.631. The molecule has 6 nitrogen and oxygen atoms in total. The van der Waals surface area contributed by atoms with E-state index in [1.807, 2.05) is 0 Å². The molecule has 4 N–H and O–H groups in total. The molecular formula is C12H15FN2O4. The van der Waals surface area contributed by atoms with Crippen LogP contribution >= 0.6 is 0 Å². The maximum Gasteiger partial charge on any atom is 0.328 e. The number of hydrogen-bond donors (Lipinski definition) is 4. The second-order valence-corrected chi connectivity index (χ2v) is 3.96. The summed E-state index contributed by atoms with van der Waals surface area (Å²) in [7, 11) is 0. The fraction of sp³-hybridized carbons (Fsp3) is 0.333. The molecular weight excluding hydrogens is 255 g/mol. The number of carboxylic acids is 1. The van der Waals surface area contributed by atoms with Gasteiger partial charge in [0.25, 0.3) is 0 Å². The fourth-order valence-corrected chi connectivity index (χ4v) is 1.42. The van der Waals surface area contributed by atoms with E-state index in [2.05, 4.69) is 10.6 Å². The van der Waals surface area contributed by atoms with Crippen molar-refractivity contribution in [1.29, 1.82) is 0 Å². The van der Waals surface area contributed by atoms with Crippen LogP contribution in [0.3, 0.4) is 0 Å². The van der Waals surface area contributed by atoms with Gasteiger partial charge in [0.15, 0.2) is 6.04 Å². The number of nitrogens with one attached hydrogen (secondary N) is 2. The number of benzene rings is 1. The zero-order chi connectivity index (χ0) is 14.4. The topological polar surface area (TPSA) is 98.7 Å². The van der Waals surface area contributed by atoms with Gasteiger partial charge in [-0.25, -0.2) is 14.0 Å². The fourth-order valence-electron chi connectivity index (χ4n) is 1.42. The van der Waals surface area contributed by atoms with Gasteiger partial charge in [0, 0.05) is 0 Å². The largest absolute Gasteiger partial charge is 0.480 e. The SMILES string of the molecule is CC(NC(=O)N[C@H](CO)C(=O)O)c1ccc(F)cc1. The summed E-state index contributed by atoms with van der Waals surface area (Å²) >= 11 is 0. The van der Waals surface area contributed by atoms with Gasteiger partial charge in [0.1, 0.15) is 5.82 Å². The molecule has 104 valence electrons. The molecule has 2 atom stereocenters. The van der Waals surface area contributed by atoms with E-state index in [1.165, 1.54) is 24.3 Å². The zero-order valence-corrected chi connectivity index (χ0v) is 10.3. The Labute approximate surface area is 109 Å². The van der Waals surface area contributed by atoms with Gasteiger partial charge in [-0.15, -0.1) is 0 Å². The maximum atomic E-state index is 12.7. The Balaban J connectivity index is 2.56. The van der Waals surface area contributed by atoms with Crippen molar-refractivity contribution < 1.29 is 24.2 Å². The van der Waals surface area contributed by atoms with E-state index >= 15 is 0 Å². The van der Waals surface area contributed by atoms with E-state index in [-0.39, 0.29) is 5.82 Å². The summed E-state index contributed by atoms with van der Waals surface area (Å²) in [5.41, 5.74) is 0.674.